The van der Waals surface area contributed by atoms with E-state index >= 15 is 0 Å². The van der Waals surface area contributed by atoms with E-state index in [0.717, 1.165) is 15.7 Å². The van der Waals surface area contributed by atoms with Crippen molar-refractivity contribution in [3.05, 3.63) is 63.2 Å². The lowest BCUT2D eigenvalue weighted by Gasteiger charge is -2.39. The largest absolute Gasteiger partial charge is 0.461 e. The minimum Gasteiger partial charge on any atom is -0.461 e. The van der Waals surface area contributed by atoms with Crippen LogP contribution in [0.1, 0.15) is 64.9 Å². The fourth-order valence-electron chi connectivity index (χ4n) is 8.22. The molecule has 2 aromatic rings. The molecule has 4 fully saturated rings. The van der Waals surface area contributed by atoms with Crippen molar-refractivity contribution in [2.45, 2.75) is 102 Å². The summed E-state index contributed by atoms with van der Waals surface area (Å²) in [6.07, 6.45) is 2.16. The first-order chi connectivity index (χ1) is 27.5. The number of amides is 7. The first-order valence-corrected chi connectivity index (χ1v) is 20.5. The minimum absolute atomic E-state index is 0.0242. The van der Waals surface area contributed by atoms with Crippen LogP contribution in [0.15, 0.2) is 42.5 Å². The Morgan fingerprint density at radius 1 is 0.879 bits per heavy atom. The average Bonchev–Trinajstić information content (AvgIpc) is 3.79. The van der Waals surface area contributed by atoms with Crippen LogP contribution in [0, 0.1) is 20.6 Å². The van der Waals surface area contributed by atoms with Crippen LogP contribution in [0.5, 0.6) is 0 Å². The van der Waals surface area contributed by atoms with E-state index in [-0.39, 0.29) is 38.0 Å². The number of cyclic esters (lactones) is 1. The van der Waals surface area contributed by atoms with Crippen molar-refractivity contribution in [1.82, 2.24) is 30.7 Å². The summed E-state index contributed by atoms with van der Waals surface area (Å²) in [4.78, 5) is 102. The number of carbonyl (C=O) groups is 7. The number of nitrogens with zero attached hydrogens (tertiary/aromatic N) is 3. The van der Waals surface area contributed by atoms with Crippen LogP contribution in [0.4, 0.5) is 19.3 Å². The van der Waals surface area contributed by atoms with Crippen molar-refractivity contribution in [3.8, 4) is 0 Å². The van der Waals surface area contributed by atoms with Crippen molar-refractivity contribution in [2.75, 3.05) is 31.6 Å². The molecule has 4 saturated heterocycles. The summed E-state index contributed by atoms with van der Waals surface area (Å²) in [6.45, 7) is 5.14. The monoisotopic (exact) mass is 919 g/mol. The van der Waals surface area contributed by atoms with Gasteiger partial charge >= 0.3 is 12.0 Å². The molecule has 0 aliphatic carbocycles. The molecule has 0 bridgehead atoms. The third-order valence-electron chi connectivity index (χ3n) is 11.0. The smallest absolute Gasteiger partial charge is 0.328 e. The Hall–Kier alpha value is -4.88. The lowest BCUT2D eigenvalue weighted by molar-refractivity contribution is -0.158. The van der Waals surface area contributed by atoms with Gasteiger partial charge in [-0.2, -0.15) is 0 Å². The third kappa shape index (κ3) is 10.0. The van der Waals surface area contributed by atoms with Crippen LogP contribution in [-0.4, -0.2) is 119 Å². The van der Waals surface area contributed by atoms with E-state index in [2.05, 4.69) is 43.9 Å². The van der Waals surface area contributed by atoms with E-state index in [4.69, 9.17) is 4.74 Å². The van der Waals surface area contributed by atoms with Gasteiger partial charge in [0.2, 0.25) is 29.5 Å². The number of fused-ring (bicyclic) bond motifs is 3. The molecular weight excluding hydrogens is 871 g/mol. The van der Waals surface area contributed by atoms with Gasteiger partial charge in [0, 0.05) is 41.4 Å². The standard InChI is InChI=1S/C40H48F2IN7O8/c1-22-35(53)50-21-40(2,3)19-32(50)38(56)58-20-29(36(54)49-14-6-8-31(49)37(55)48-13-5-4-7-30(48)34(52)44-22)46-33(51)28(17-23-15-24(41)18-25(42)16-23)47-39(57)45-27-11-9-26(43)10-12-27/h9-12,15-16,18,22,28-32H,4-8,13-14,17,19-21H2,1-3H3,(H,44,52)(H,46,51)(H2,45,47,57)/t22-,28-,29-,30-,31-,32-/m0/s1. The molecule has 4 aliphatic rings. The van der Waals surface area contributed by atoms with Gasteiger partial charge in [0.25, 0.3) is 0 Å². The topological polar surface area (TPSA) is 187 Å². The van der Waals surface area contributed by atoms with E-state index in [9.17, 15) is 42.3 Å². The highest BCUT2D eigenvalue weighted by Crippen LogP contribution is 2.35. The van der Waals surface area contributed by atoms with Crippen LogP contribution in [0.25, 0.3) is 0 Å². The number of ether oxygens (including phenoxy) is 1. The Kier molecular flexibility index (Phi) is 13.2. The van der Waals surface area contributed by atoms with E-state index < -0.39 is 108 Å². The van der Waals surface area contributed by atoms with Gasteiger partial charge in [-0.15, -0.1) is 0 Å². The van der Waals surface area contributed by atoms with Gasteiger partial charge in [-0.1, -0.05) is 13.8 Å². The van der Waals surface area contributed by atoms with Crippen LogP contribution >= 0.6 is 22.6 Å². The van der Waals surface area contributed by atoms with Crippen LogP contribution < -0.4 is 21.3 Å². The minimum atomic E-state index is -1.59. The molecule has 6 rings (SSSR count). The molecule has 312 valence electrons. The number of halogens is 3. The molecule has 4 heterocycles. The van der Waals surface area contributed by atoms with Gasteiger partial charge in [-0.05, 0) is 115 Å². The van der Waals surface area contributed by atoms with Gasteiger partial charge in [0.15, 0.2) is 0 Å². The Bertz CT molecular complexity index is 1930. The quantitative estimate of drug-likeness (QED) is 0.252. The number of carbonyl (C=O) groups excluding carboxylic acids is 7. The number of rotatable bonds is 6. The number of anilines is 1. The zero-order valence-electron chi connectivity index (χ0n) is 32.5. The zero-order chi connectivity index (χ0) is 41.9. The summed E-state index contributed by atoms with van der Waals surface area (Å²) in [5, 5.41) is 10.5. The summed E-state index contributed by atoms with van der Waals surface area (Å²) in [5.41, 5.74) is -0.0986. The van der Waals surface area contributed by atoms with E-state index in [1.807, 2.05) is 13.8 Å². The van der Waals surface area contributed by atoms with Gasteiger partial charge in [0.1, 0.15) is 54.5 Å². The van der Waals surface area contributed by atoms with E-state index in [0.29, 0.717) is 37.4 Å². The summed E-state index contributed by atoms with van der Waals surface area (Å²) in [7, 11) is 0. The number of nitrogens with one attached hydrogen (secondary N) is 4. The molecule has 58 heavy (non-hydrogen) atoms. The molecule has 0 saturated carbocycles. The summed E-state index contributed by atoms with van der Waals surface area (Å²) in [6, 6.07) is 1.51. The van der Waals surface area contributed by atoms with Crippen molar-refractivity contribution >= 4 is 69.8 Å². The molecule has 2 aromatic carbocycles. The average molecular weight is 920 g/mol. The number of hydrogen-bond donors (Lipinski definition) is 4. The fraction of sp³-hybridized carbons (Fsp3) is 0.525. The predicted octanol–water partition coefficient (Wildman–Crippen LogP) is 2.85. The molecule has 7 amide bonds. The SMILES string of the molecule is C[C@@H]1NC(=O)[C@@H]2CCCCN2C(=O)[C@@H]2CCCN2C(=O)[C@@H](NC(=O)[C@H](Cc2cc(F)cc(F)c2)NC(=O)Nc2ccc(I)cc2)COC(=O)[C@@H]2CC(C)(C)CN2C1=O. The van der Waals surface area contributed by atoms with Gasteiger partial charge in [-0.25, -0.2) is 18.4 Å². The Morgan fingerprint density at radius 3 is 2.24 bits per heavy atom. The molecule has 0 spiro atoms. The van der Waals surface area contributed by atoms with Crippen LogP contribution in [-0.2, 0) is 39.9 Å². The summed E-state index contributed by atoms with van der Waals surface area (Å²) >= 11 is 2.10. The number of hydrogen-bond acceptors (Lipinski definition) is 8. The second-order valence-electron chi connectivity index (χ2n) is 16.1. The van der Waals surface area contributed by atoms with Gasteiger partial charge in [-0.3, -0.25) is 24.0 Å². The molecule has 0 unspecified atom stereocenters. The number of piperidine rings is 1. The van der Waals surface area contributed by atoms with Crippen LogP contribution in [0.3, 0.4) is 0 Å². The third-order valence-corrected chi connectivity index (χ3v) is 11.7. The highest BCUT2D eigenvalue weighted by Gasteiger charge is 2.48. The molecule has 0 aromatic heterocycles. The van der Waals surface area contributed by atoms with Crippen LogP contribution in [0.2, 0.25) is 0 Å². The van der Waals surface area contributed by atoms with E-state index in [1.165, 1.54) is 21.6 Å². The maximum absolute atomic E-state index is 14.5. The van der Waals surface area contributed by atoms with Crippen molar-refractivity contribution < 1.29 is 47.1 Å². The van der Waals surface area contributed by atoms with E-state index in [1.54, 1.807) is 24.3 Å². The maximum atomic E-state index is 14.5. The molecule has 15 nitrogen and oxygen atoms in total. The molecule has 4 aliphatic heterocycles. The first kappa shape index (κ1) is 42.7. The number of esters is 1. The van der Waals surface area contributed by atoms with Crippen molar-refractivity contribution in [1.29, 1.82) is 0 Å². The van der Waals surface area contributed by atoms with Gasteiger partial charge < -0.3 is 40.7 Å². The molecule has 4 N–H and O–H groups in total. The number of benzene rings is 2. The predicted molar refractivity (Wildman–Crippen MR) is 214 cm³/mol. The second-order valence-corrected chi connectivity index (χ2v) is 17.4. The maximum Gasteiger partial charge on any atom is 0.328 e. The lowest BCUT2D eigenvalue weighted by Crippen LogP contribution is -2.62. The first-order valence-electron chi connectivity index (χ1n) is 19.5. The highest BCUT2D eigenvalue weighted by molar-refractivity contribution is 14.1. The Balaban J connectivity index is 1.32. The normalized spacial score (nSPS) is 25.9. The van der Waals surface area contributed by atoms with Crippen molar-refractivity contribution in [3.63, 3.8) is 0 Å². The van der Waals surface area contributed by atoms with Crippen molar-refractivity contribution in [2.24, 2.45) is 5.41 Å². The lowest BCUT2D eigenvalue weighted by atomic mass is 9.91. The Labute approximate surface area is 348 Å². The fourth-order valence-corrected chi connectivity index (χ4v) is 8.58. The Morgan fingerprint density at radius 2 is 1.53 bits per heavy atom. The zero-order valence-corrected chi connectivity index (χ0v) is 34.7. The molecule has 0 radical (unpaired) electrons. The second kappa shape index (κ2) is 17.9. The molecule has 18 heteroatoms. The number of urea groups is 1. The summed E-state index contributed by atoms with van der Waals surface area (Å²) in [5.74, 6) is -5.85. The molecule has 6 atom stereocenters. The van der Waals surface area contributed by atoms with Gasteiger partial charge in [0.05, 0.1) is 0 Å². The summed E-state index contributed by atoms with van der Waals surface area (Å²) < 4.78 is 35.2. The highest BCUT2D eigenvalue weighted by atomic mass is 127. The molecular formula is C40H48F2IN7O8.